The summed E-state index contributed by atoms with van der Waals surface area (Å²) in [5.74, 6) is -0.727. The second kappa shape index (κ2) is 4.94. The van der Waals surface area contributed by atoms with Crippen LogP contribution in [0.4, 0.5) is 0 Å². The van der Waals surface area contributed by atoms with Gasteiger partial charge in [0.05, 0.1) is 6.61 Å². The van der Waals surface area contributed by atoms with Crippen LogP contribution in [0.25, 0.3) is 0 Å². The molecule has 2 atom stereocenters. The van der Waals surface area contributed by atoms with Crippen molar-refractivity contribution in [3.63, 3.8) is 0 Å². The fraction of sp³-hybridized carbons (Fsp3) is 0.909. The first kappa shape index (κ1) is 12.5. The molecule has 0 aromatic rings. The summed E-state index contributed by atoms with van der Waals surface area (Å²) in [7, 11) is 1.98. The maximum Gasteiger partial charge on any atom is 0.313 e. The second-order valence-corrected chi connectivity index (χ2v) is 4.56. The van der Waals surface area contributed by atoms with Crippen molar-refractivity contribution in [2.24, 2.45) is 5.41 Å². The Bertz CT molecular complexity index is 224. The summed E-state index contributed by atoms with van der Waals surface area (Å²) in [4.78, 5) is 13.4. The van der Waals surface area contributed by atoms with Gasteiger partial charge < -0.3 is 14.7 Å². The molecular weight excluding hydrogens is 194 g/mol. The first-order valence-corrected chi connectivity index (χ1v) is 5.53. The van der Waals surface area contributed by atoms with Gasteiger partial charge >= 0.3 is 5.97 Å². The number of hydrogen-bond acceptors (Lipinski definition) is 3. The first-order chi connectivity index (χ1) is 7.02. The minimum atomic E-state index is -0.727. The summed E-state index contributed by atoms with van der Waals surface area (Å²) in [6, 6.07) is 0.418. The molecule has 1 fully saturated rings. The van der Waals surface area contributed by atoms with E-state index in [9.17, 15) is 9.90 Å². The molecule has 0 saturated carbocycles. The lowest BCUT2D eigenvalue weighted by atomic mass is 9.86. The van der Waals surface area contributed by atoms with Crippen molar-refractivity contribution >= 4 is 5.97 Å². The summed E-state index contributed by atoms with van der Waals surface area (Å²) in [5, 5.41) is 9.26. The van der Waals surface area contributed by atoms with Crippen LogP contribution < -0.4 is 0 Å². The van der Waals surface area contributed by atoms with E-state index in [-0.39, 0.29) is 0 Å². The average Bonchev–Trinajstić information content (AvgIpc) is 2.66. The number of carboxylic acids is 1. The summed E-state index contributed by atoms with van der Waals surface area (Å²) >= 11 is 0. The second-order valence-electron chi connectivity index (χ2n) is 4.56. The van der Waals surface area contributed by atoms with Crippen LogP contribution in [0, 0.1) is 5.41 Å². The van der Waals surface area contributed by atoms with Gasteiger partial charge in [0.15, 0.2) is 0 Å². The predicted octanol–water partition coefficient (Wildman–Crippen LogP) is 1.21. The number of nitrogens with zero attached hydrogens (tertiary/aromatic N) is 1. The van der Waals surface area contributed by atoms with Gasteiger partial charge in [0.25, 0.3) is 0 Å². The maximum atomic E-state index is 11.3. The number of rotatable bonds is 5. The normalized spacial score (nSPS) is 28.3. The smallest absolute Gasteiger partial charge is 0.313 e. The number of ether oxygens (including phenoxy) is 1. The van der Waals surface area contributed by atoms with E-state index in [4.69, 9.17) is 4.74 Å². The van der Waals surface area contributed by atoms with Crippen molar-refractivity contribution in [1.82, 2.24) is 4.90 Å². The predicted molar refractivity (Wildman–Crippen MR) is 57.9 cm³/mol. The van der Waals surface area contributed by atoms with E-state index >= 15 is 0 Å². The quantitative estimate of drug-likeness (QED) is 0.749. The molecule has 4 nitrogen and oxygen atoms in total. The van der Waals surface area contributed by atoms with Crippen LogP contribution in [-0.2, 0) is 9.53 Å². The van der Waals surface area contributed by atoms with Gasteiger partial charge in [-0.3, -0.25) is 4.79 Å². The Kier molecular flexibility index (Phi) is 4.11. The van der Waals surface area contributed by atoms with Crippen molar-refractivity contribution in [1.29, 1.82) is 0 Å². The molecule has 0 aromatic heterocycles. The Morgan fingerprint density at radius 2 is 2.33 bits per heavy atom. The zero-order valence-electron chi connectivity index (χ0n) is 9.82. The summed E-state index contributed by atoms with van der Waals surface area (Å²) in [5.41, 5.74) is -0.682. The third-order valence-electron chi connectivity index (χ3n) is 3.45. The fourth-order valence-electron chi connectivity index (χ4n) is 1.91. The van der Waals surface area contributed by atoms with Crippen LogP contribution in [0.15, 0.2) is 0 Å². The van der Waals surface area contributed by atoms with E-state index in [1.807, 2.05) is 7.05 Å². The molecule has 0 amide bonds. The van der Waals surface area contributed by atoms with Crippen molar-refractivity contribution < 1.29 is 14.6 Å². The van der Waals surface area contributed by atoms with Crippen molar-refractivity contribution in [3.8, 4) is 0 Å². The van der Waals surface area contributed by atoms with E-state index < -0.39 is 11.4 Å². The molecule has 2 unspecified atom stereocenters. The Morgan fingerprint density at radius 1 is 1.67 bits per heavy atom. The molecule has 0 aromatic carbocycles. The van der Waals surface area contributed by atoms with E-state index in [2.05, 4.69) is 18.7 Å². The monoisotopic (exact) mass is 215 g/mol. The third kappa shape index (κ3) is 2.69. The van der Waals surface area contributed by atoms with Crippen LogP contribution in [0.5, 0.6) is 0 Å². The fourth-order valence-corrected chi connectivity index (χ4v) is 1.91. The van der Waals surface area contributed by atoms with Crippen molar-refractivity contribution in [3.05, 3.63) is 0 Å². The molecule has 1 N–H and O–H groups in total. The number of hydrogen-bond donors (Lipinski definition) is 1. The van der Waals surface area contributed by atoms with E-state index in [1.165, 1.54) is 0 Å². The van der Waals surface area contributed by atoms with Crippen molar-refractivity contribution in [2.75, 3.05) is 26.8 Å². The summed E-state index contributed by atoms with van der Waals surface area (Å²) < 4.78 is 5.23. The number of aliphatic carboxylic acids is 1. The molecule has 1 heterocycles. The summed E-state index contributed by atoms with van der Waals surface area (Å²) in [6.45, 7) is 5.73. The van der Waals surface area contributed by atoms with Gasteiger partial charge in [-0.15, -0.1) is 0 Å². The molecule has 1 saturated heterocycles. The third-order valence-corrected chi connectivity index (χ3v) is 3.45. The van der Waals surface area contributed by atoms with Gasteiger partial charge in [-0.05, 0) is 26.8 Å². The lowest BCUT2D eigenvalue weighted by Gasteiger charge is -2.31. The van der Waals surface area contributed by atoms with E-state index in [0.29, 0.717) is 32.2 Å². The molecule has 88 valence electrons. The van der Waals surface area contributed by atoms with Gasteiger partial charge in [0.1, 0.15) is 5.41 Å². The SMILES string of the molecule is CCC(C)N(C)CC1(C(=O)O)CCOC1. The largest absolute Gasteiger partial charge is 0.481 e. The van der Waals surface area contributed by atoms with Crippen LogP contribution in [0.3, 0.4) is 0 Å². The zero-order chi connectivity index (χ0) is 11.5. The molecule has 0 bridgehead atoms. The summed E-state index contributed by atoms with van der Waals surface area (Å²) in [6.07, 6.45) is 1.66. The Morgan fingerprint density at radius 3 is 2.73 bits per heavy atom. The van der Waals surface area contributed by atoms with Gasteiger partial charge in [-0.1, -0.05) is 6.92 Å². The van der Waals surface area contributed by atoms with Crippen LogP contribution in [0.1, 0.15) is 26.7 Å². The maximum absolute atomic E-state index is 11.3. The number of carboxylic acid groups (broad SMARTS) is 1. The molecule has 1 rings (SSSR count). The minimum Gasteiger partial charge on any atom is -0.481 e. The molecule has 0 radical (unpaired) electrons. The Hall–Kier alpha value is -0.610. The Labute approximate surface area is 91.2 Å². The highest BCUT2D eigenvalue weighted by atomic mass is 16.5. The van der Waals surface area contributed by atoms with Crippen LogP contribution in [-0.4, -0.2) is 48.8 Å². The highest BCUT2D eigenvalue weighted by molar-refractivity contribution is 5.75. The van der Waals surface area contributed by atoms with E-state index in [0.717, 1.165) is 6.42 Å². The van der Waals surface area contributed by atoms with Crippen LogP contribution >= 0.6 is 0 Å². The van der Waals surface area contributed by atoms with E-state index in [1.54, 1.807) is 0 Å². The highest BCUT2D eigenvalue weighted by Gasteiger charge is 2.43. The molecule has 15 heavy (non-hydrogen) atoms. The van der Waals surface area contributed by atoms with Gasteiger partial charge in [-0.2, -0.15) is 0 Å². The first-order valence-electron chi connectivity index (χ1n) is 5.53. The standard InChI is InChI=1S/C11H21NO3/c1-4-9(2)12(3)7-11(10(13)14)5-6-15-8-11/h9H,4-8H2,1-3H3,(H,13,14). The lowest BCUT2D eigenvalue weighted by molar-refractivity contribution is -0.150. The number of carbonyl (C=O) groups is 1. The van der Waals surface area contributed by atoms with Crippen LogP contribution in [0.2, 0.25) is 0 Å². The van der Waals surface area contributed by atoms with Crippen molar-refractivity contribution in [2.45, 2.75) is 32.7 Å². The van der Waals surface area contributed by atoms with Gasteiger partial charge in [0, 0.05) is 19.2 Å². The molecule has 1 aliphatic rings. The van der Waals surface area contributed by atoms with Gasteiger partial charge in [-0.25, -0.2) is 0 Å². The molecular formula is C11H21NO3. The topological polar surface area (TPSA) is 49.8 Å². The molecule has 0 aliphatic carbocycles. The molecule has 4 heteroatoms. The lowest BCUT2D eigenvalue weighted by Crippen LogP contribution is -2.45. The van der Waals surface area contributed by atoms with Gasteiger partial charge in [0.2, 0.25) is 0 Å². The Balaban J connectivity index is 2.63. The zero-order valence-corrected chi connectivity index (χ0v) is 9.82. The highest BCUT2D eigenvalue weighted by Crippen LogP contribution is 2.30. The minimum absolute atomic E-state index is 0.350. The average molecular weight is 215 g/mol. The molecule has 1 aliphatic heterocycles. The molecule has 0 spiro atoms.